The minimum Gasteiger partial charge on any atom is -0.394 e. The SMILES string of the molecule is CC/C=C\C/C=C\C/C=C\C/C=C\C/C=C\CCCCCCCC(=O)NC(COC1OC(CO)C(OC2OC(CO)C(OC3OC(CO)C(O)C(O)C3O)C(O)C2O)C(O)C1O)C(O)/C=C/CC/C=C/CCCCCCCCCC. The van der Waals surface area contributed by atoms with Crippen molar-refractivity contribution >= 4 is 5.91 Å². The lowest BCUT2D eigenvalue weighted by atomic mass is 9.96. The number of rotatable bonds is 42. The molecule has 17 unspecified atom stereocenters. The van der Waals surface area contributed by atoms with E-state index in [1.807, 2.05) is 6.08 Å². The summed E-state index contributed by atoms with van der Waals surface area (Å²) >= 11 is 0. The van der Waals surface area contributed by atoms with Crippen molar-refractivity contribution in [1.82, 2.24) is 5.32 Å². The van der Waals surface area contributed by atoms with Gasteiger partial charge in [0.1, 0.15) is 73.2 Å². The molecule has 12 N–H and O–H groups in total. The van der Waals surface area contributed by atoms with Crippen LogP contribution in [0, 0.1) is 0 Å². The second-order valence-corrected chi connectivity index (χ2v) is 21.1. The Morgan fingerprint density at radius 2 is 0.875 bits per heavy atom. The van der Waals surface area contributed by atoms with E-state index in [1.54, 1.807) is 6.08 Å². The molecule has 0 radical (unpaired) electrons. The van der Waals surface area contributed by atoms with Crippen molar-refractivity contribution in [2.45, 2.75) is 266 Å². The van der Waals surface area contributed by atoms with Crippen molar-refractivity contribution in [2.24, 2.45) is 0 Å². The zero-order valence-electron chi connectivity index (χ0n) is 47.8. The molecule has 0 aromatic heterocycles. The Morgan fingerprint density at radius 1 is 0.463 bits per heavy atom. The minimum absolute atomic E-state index is 0.208. The molecule has 460 valence electrons. The number of carbonyl (C=O) groups is 1. The van der Waals surface area contributed by atoms with E-state index >= 15 is 0 Å². The van der Waals surface area contributed by atoms with Crippen LogP contribution in [0.5, 0.6) is 0 Å². The van der Waals surface area contributed by atoms with E-state index in [0.29, 0.717) is 12.8 Å². The normalized spacial score (nSPS) is 30.6. The molecular weight excluding hydrogens is 1030 g/mol. The van der Waals surface area contributed by atoms with Crippen molar-refractivity contribution in [3.05, 3.63) is 85.1 Å². The standard InChI is InChI=1S/C61H103NO18/c1-3-5-7-9-11-13-15-17-19-20-21-22-23-24-25-27-29-31-33-35-37-39-49(67)62-44(45(66)38-36-34-32-30-28-26-18-16-14-12-10-8-6-4-2)43-75-59-55(73)52(70)57(47(41-64)77-59)80-61-56(74)53(71)58(48(42-65)78-61)79-60-54(72)51(69)50(68)46(40-63)76-60/h5,7,11,13,17,19,21-22,24-25,28,30,36,38,44-48,50-61,63-66,68-74H,3-4,6,8-10,12,14-16,18,20,23,26-27,29,31-35,37,39-43H2,1-2H3,(H,62,67)/b7-5-,13-11-,19-17-,22-21-,25-24-,30-28+,38-36+. The molecule has 1 amide bonds. The topological polar surface area (TPSA) is 307 Å². The molecule has 3 aliphatic heterocycles. The molecule has 3 rings (SSSR count). The fourth-order valence-corrected chi connectivity index (χ4v) is 9.52. The average molecular weight is 1140 g/mol. The summed E-state index contributed by atoms with van der Waals surface area (Å²) in [6.45, 7) is 1.53. The molecule has 3 heterocycles. The van der Waals surface area contributed by atoms with Gasteiger partial charge in [-0.3, -0.25) is 4.79 Å². The summed E-state index contributed by atoms with van der Waals surface area (Å²) in [4.78, 5) is 13.3. The number of hydrogen-bond donors (Lipinski definition) is 12. The van der Waals surface area contributed by atoms with Crippen molar-refractivity contribution in [3.8, 4) is 0 Å². The zero-order valence-corrected chi connectivity index (χ0v) is 47.8. The van der Waals surface area contributed by atoms with Crippen LogP contribution in [0.4, 0.5) is 0 Å². The predicted molar refractivity (Wildman–Crippen MR) is 304 cm³/mol. The number of unbranched alkanes of at least 4 members (excludes halogenated alkanes) is 14. The third kappa shape index (κ3) is 27.1. The molecule has 0 spiro atoms. The summed E-state index contributed by atoms with van der Waals surface area (Å²) in [6.07, 6.45) is 25.6. The Balaban J connectivity index is 1.52. The monoisotopic (exact) mass is 1140 g/mol. The second-order valence-electron chi connectivity index (χ2n) is 21.1. The lowest BCUT2D eigenvalue weighted by Gasteiger charge is -2.48. The molecule has 17 atom stereocenters. The second kappa shape index (κ2) is 43.6. The number of hydrogen-bond acceptors (Lipinski definition) is 18. The Kier molecular flexibility index (Phi) is 38.8. The first-order chi connectivity index (χ1) is 38.8. The zero-order chi connectivity index (χ0) is 58.3. The van der Waals surface area contributed by atoms with Crippen LogP contribution in [0.25, 0.3) is 0 Å². The van der Waals surface area contributed by atoms with Crippen LogP contribution in [0.1, 0.15) is 162 Å². The molecule has 0 bridgehead atoms. The van der Waals surface area contributed by atoms with E-state index < -0.39 is 124 Å². The van der Waals surface area contributed by atoms with Gasteiger partial charge >= 0.3 is 0 Å². The van der Waals surface area contributed by atoms with Crippen molar-refractivity contribution in [3.63, 3.8) is 0 Å². The Labute approximate surface area is 476 Å². The van der Waals surface area contributed by atoms with Gasteiger partial charge in [0.05, 0.1) is 38.6 Å². The third-order valence-corrected chi connectivity index (χ3v) is 14.4. The molecule has 80 heavy (non-hydrogen) atoms. The van der Waals surface area contributed by atoms with Gasteiger partial charge in [-0.2, -0.15) is 0 Å². The number of aliphatic hydroxyl groups is 11. The van der Waals surface area contributed by atoms with E-state index in [-0.39, 0.29) is 18.9 Å². The molecule has 3 fully saturated rings. The van der Waals surface area contributed by atoms with E-state index in [4.69, 9.17) is 28.4 Å². The fraction of sp³-hybridized carbons (Fsp3) is 0.754. The van der Waals surface area contributed by atoms with E-state index in [0.717, 1.165) is 83.5 Å². The van der Waals surface area contributed by atoms with Crippen LogP contribution in [0.15, 0.2) is 85.1 Å². The van der Waals surface area contributed by atoms with Crippen molar-refractivity contribution < 1.29 is 89.4 Å². The van der Waals surface area contributed by atoms with E-state index in [9.17, 15) is 61.0 Å². The number of amides is 1. The molecule has 0 aliphatic carbocycles. The highest BCUT2D eigenvalue weighted by molar-refractivity contribution is 5.76. The van der Waals surface area contributed by atoms with Crippen LogP contribution < -0.4 is 5.32 Å². The average Bonchev–Trinajstić information content (AvgIpc) is 3.45. The predicted octanol–water partition coefficient (Wildman–Crippen LogP) is 5.20. The van der Waals surface area contributed by atoms with Gasteiger partial charge in [0.25, 0.3) is 0 Å². The van der Waals surface area contributed by atoms with Gasteiger partial charge in [-0.1, -0.05) is 163 Å². The Morgan fingerprint density at radius 3 is 1.40 bits per heavy atom. The molecule has 0 aromatic rings. The summed E-state index contributed by atoms with van der Waals surface area (Å²) in [6, 6.07) is -1.00. The maximum atomic E-state index is 13.3. The van der Waals surface area contributed by atoms with Gasteiger partial charge in [-0.25, -0.2) is 0 Å². The first-order valence-corrected chi connectivity index (χ1v) is 29.8. The van der Waals surface area contributed by atoms with Crippen LogP contribution in [0.2, 0.25) is 0 Å². The number of aliphatic hydroxyl groups excluding tert-OH is 11. The maximum absolute atomic E-state index is 13.3. The van der Waals surface area contributed by atoms with Gasteiger partial charge in [0.2, 0.25) is 5.91 Å². The van der Waals surface area contributed by atoms with Gasteiger partial charge in [-0.15, -0.1) is 0 Å². The van der Waals surface area contributed by atoms with E-state index in [2.05, 4.69) is 92.1 Å². The summed E-state index contributed by atoms with van der Waals surface area (Å²) in [7, 11) is 0. The van der Waals surface area contributed by atoms with Crippen molar-refractivity contribution in [1.29, 1.82) is 0 Å². The maximum Gasteiger partial charge on any atom is 0.220 e. The lowest BCUT2D eigenvalue weighted by Crippen LogP contribution is -2.66. The highest BCUT2D eigenvalue weighted by atomic mass is 16.8. The summed E-state index contributed by atoms with van der Waals surface area (Å²) < 4.78 is 34.2. The van der Waals surface area contributed by atoms with Gasteiger partial charge in [-0.05, 0) is 77.0 Å². The highest BCUT2D eigenvalue weighted by Crippen LogP contribution is 2.33. The Hall–Kier alpha value is -3.03. The smallest absolute Gasteiger partial charge is 0.220 e. The third-order valence-electron chi connectivity index (χ3n) is 14.4. The summed E-state index contributed by atoms with van der Waals surface area (Å²) in [5.41, 5.74) is 0. The van der Waals surface area contributed by atoms with Crippen molar-refractivity contribution in [2.75, 3.05) is 26.4 Å². The fourth-order valence-electron chi connectivity index (χ4n) is 9.52. The number of ether oxygens (including phenoxy) is 6. The van der Waals surface area contributed by atoms with Gasteiger partial charge in [0, 0.05) is 6.42 Å². The summed E-state index contributed by atoms with van der Waals surface area (Å²) in [5.74, 6) is -0.309. The quantitative estimate of drug-likeness (QED) is 0.0276. The van der Waals surface area contributed by atoms with Crippen LogP contribution in [0.3, 0.4) is 0 Å². The number of allylic oxidation sites excluding steroid dienone is 13. The molecular formula is C61H103NO18. The first kappa shape index (κ1) is 71.2. The first-order valence-electron chi connectivity index (χ1n) is 29.8. The molecule has 3 aliphatic rings. The van der Waals surface area contributed by atoms with Gasteiger partial charge in [0.15, 0.2) is 18.9 Å². The molecule has 3 saturated heterocycles. The van der Waals surface area contributed by atoms with Crippen LogP contribution >= 0.6 is 0 Å². The molecule has 0 aromatic carbocycles. The molecule has 0 saturated carbocycles. The molecule has 19 heteroatoms. The number of nitrogens with one attached hydrogen (secondary N) is 1. The Bertz CT molecular complexity index is 1790. The lowest BCUT2D eigenvalue weighted by molar-refractivity contribution is -0.379. The highest BCUT2D eigenvalue weighted by Gasteiger charge is 2.53. The summed E-state index contributed by atoms with van der Waals surface area (Å²) in [5, 5.41) is 120. The minimum atomic E-state index is -1.99. The van der Waals surface area contributed by atoms with Gasteiger partial charge < -0.3 is 89.9 Å². The largest absolute Gasteiger partial charge is 0.394 e. The van der Waals surface area contributed by atoms with Crippen LogP contribution in [-0.4, -0.2) is 193 Å². The number of carbonyl (C=O) groups excluding carboxylic acids is 1. The van der Waals surface area contributed by atoms with Crippen LogP contribution in [-0.2, 0) is 33.2 Å². The van der Waals surface area contributed by atoms with E-state index in [1.165, 1.54) is 44.9 Å². The molecule has 19 nitrogen and oxygen atoms in total.